The number of ether oxygens (including phenoxy) is 2. The third kappa shape index (κ3) is 32.7. The van der Waals surface area contributed by atoms with Gasteiger partial charge in [-0.05, 0) is 44.9 Å². The predicted molar refractivity (Wildman–Crippen MR) is 182 cm³/mol. The van der Waals surface area contributed by atoms with Crippen LogP contribution in [0.15, 0.2) is 24.3 Å². The molecule has 3 unspecified atom stereocenters. The van der Waals surface area contributed by atoms with Crippen molar-refractivity contribution in [3.05, 3.63) is 24.3 Å². The molecule has 0 aromatic carbocycles. The van der Waals surface area contributed by atoms with Crippen molar-refractivity contribution >= 4 is 13.8 Å². The van der Waals surface area contributed by atoms with Gasteiger partial charge in [0.05, 0.1) is 26.4 Å². The van der Waals surface area contributed by atoms with Crippen LogP contribution >= 0.6 is 7.82 Å². The minimum atomic E-state index is -4.50. The number of phosphoric ester groups is 1. The molecule has 0 aromatic heterocycles. The Morgan fingerprint density at radius 2 is 1.20 bits per heavy atom. The highest BCUT2D eigenvalue weighted by Crippen LogP contribution is 2.43. The maximum Gasteiger partial charge on any atom is 0.472 e. The molecule has 0 heterocycles. The Hall–Kier alpha value is -1.06. The van der Waals surface area contributed by atoms with E-state index in [0.29, 0.717) is 13.0 Å². The average molecular weight is 663 g/mol. The molecule has 266 valence electrons. The largest absolute Gasteiger partial charge is 0.472 e. The Morgan fingerprint density at radius 3 is 1.80 bits per heavy atom. The summed E-state index contributed by atoms with van der Waals surface area (Å²) in [6, 6.07) is 0. The Morgan fingerprint density at radius 1 is 0.689 bits per heavy atom. The summed E-state index contributed by atoms with van der Waals surface area (Å²) in [5, 5.41) is 18.2. The van der Waals surface area contributed by atoms with E-state index in [1.54, 1.807) is 0 Å². The third-order valence-electron chi connectivity index (χ3n) is 7.39. The summed E-state index contributed by atoms with van der Waals surface area (Å²) in [7, 11) is -4.50. The zero-order chi connectivity index (χ0) is 33.3. The first-order valence-corrected chi connectivity index (χ1v) is 19.3. The van der Waals surface area contributed by atoms with Gasteiger partial charge in [0, 0.05) is 13.0 Å². The lowest BCUT2D eigenvalue weighted by molar-refractivity contribution is -0.154. The second kappa shape index (κ2) is 32.9. The van der Waals surface area contributed by atoms with Crippen molar-refractivity contribution < 1.29 is 43.0 Å². The summed E-state index contributed by atoms with van der Waals surface area (Å²) in [4.78, 5) is 22.4. The van der Waals surface area contributed by atoms with E-state index in [1.807, 2.05) is 0 Å². The van der Waals surface area contributed by atoms with Crippen molar-refractivity contribution in [3.63, 3.8) is 0 Å². The fourth-order valence-electron chi connectivity index (χ4n) is 4.62. The molecule has 0 bridgehead atoms. The molecule has 45 heavy (non-hydrogen) atoms. The first kappa shape index (κ1) is 43.9. The molecule has 0 aliphatic rings. The number of carbonyl (C=O) groups is 1. The summed E-state index contributed by atoms with van der Waals surface area (Å²) in [6.07, 6.45) is 30.0. The molecule has 0 aliphatic carbocycles. The van der Waals surface area contributed by atoms with Crippen molar-refractivity contribution in [2.24, 2.45) is 0 Å². The molecule has 0 radical (unpaired) electrons. The molecule has 0 fully saturated rings. The van der Waals surface area contributed by atoms with Crippen molar-refractivity contribution in [3.8, 4) is 0 Å². The number of carbonyl (C=O) groups excluding carboxylic acids is 1. The summed E-state index contributed by atoms with van der Waals surface area (Å²) < 4.78 is 33.1. The van der Waals surface area contributed by atoms with E-state index in [1.165, 1.54) is 64.2 Å². The number of rotatable bonds is 34. The van der Waals surface area contributed by atoms with Gasteiger partial charge in [-0.25, -0.2) is 4.57 Å². The van der Waals surface area contributed by atoms with Crippen LogP contribution in [-0.4, -0.2) is 66.3 Å². The van der Waals surface area contributed by atoms with Crippen LogP contribution in [-0.2, 0) is 27.9 Å². The van der Waals surface area contributed by atoms with E-state index in [-0.39, 0.29) is 19.6 Å². The van der Waals surface area contributed by atoms with E-state index in [2.05, 4.69) is 38.2 Å². The van der Waals surface area contributed by atoms with Crippen LogP contribution in [0.3, 0.4) is 0 Å². The van der Waals surface area contributed by atoms with Crippen molar-refractivity contribution in [1.82, 2.24) is 0 Å². The van der Waals surface area contributed by atoms with E-state index >= 15 is 0 Å². The Balaban J connectivity index is 4.25. The van der Waals surface area contributed by atoms with E-state index < -0.39 is 39.2 Å². The van der Waals surface area contributed by atoms with Gasteiger partial charge in [0.15, 0.2) is 0 Å². The van der Waals surface area contributed by atoms with Crippen LogP contribution < -0.4 is 0 Å². The van der Waals surface area contributed by atoms with Gasteiger partial charge < -0.3 is 24.6 Å². The van der Waals surface area contributed by atoms with Crippen LogP contribution in [0.5, 0.6) is 0 Å². The van der Waals surface area contributed by atoms with Crippen LogP contribution in [0.2, 0.25) is 0 Å². The van der Waals surface area contributed by atoms with Crippen LogP contribution in [0.1, 0.15) is 149 Å². The van der Waals surface area contributed by atoms with Gasteiger partial charge in [-0.15, -0.1) is 0 Å². The monoisotopic (exact) mass is 662 g/mol. The van der Waals surface area contributed by atoms with Crippen LogP contribution in [0.25, 0.3) is 0 Å². The molecule has 0 saturated carbocycles. The second-order valence-electron chi connectivity index (χ2n) is 11.9. The molecule has 9 nitrogen and oxygen atoms in total. The second-order valence-corrected chi connectivity index (χ2v) is 13.3. The number of hydrogen-bond donors (Lipinski definition) is 3. The van der Waals surface area contributed by atoms with Gasteiger partial charge in [-0.1, -0.05) is 122 Å². The summed E-state index contributed by atoms with van der Waals surface area (Å²) in [5.41, 5.74) is 0. The topological polar surface area (TPSA) is 132 Å². The molecule has 0 spiro atoms. The summed E-state index contributed by atoms with van der Waals surface area (Å²) in [6.45, 7) is 3.44. The molecule has 0 amide bonds. The highest BCUT2D eigenvalue weighted by Gasteiger charge is 2.26. The minimum absolute atomic E-state index is 0.0454. The highest BCUT2D eigenvalue weighted by molar-refractivity contribution is 7.47. The lowest BCUT2D eigenvalue weighted by atomic mass is 10.1. The highest BCUT2D eigenvalue weighted by atomic mass is 31.2. The summed E-state index contributed by atoms with van der Waals surface area (Å²) >= 11 is 0. The van der Waals surface area contributed by atoms with Gasteiger partial charge in [0.25, 0.3) is 0 Å². The minimum Gasteiger partial charge on any atom is -0.457 e. The molecule has 3 N–H and O–H groups in total. The fraction of sp³-hybridized carbons (Fsp3) is 0.857. The number of aliphatic hydroxyl groups excluding tert-OH is 2. The Labute approximate surface area is 274 Å². The summed E-state index contributed by atoms with van der Waals surface area (Å²) in [5.74, 6) is -0.398. The zero-order valence-electron chi connectivity index (χ0n) is 28.6. The van der Waals surface area contributed by atoms with Crippen molar-refractivity contribution in [2.75, 3.05) is 33.0 Å². The first-order chi connectivity index (χ1) is 21.8. The predicted octanol–water partition coefficient (Wildman–Crippen LogP) is 8.75. The first-order valence-electron chi connectivity index (χ1n) is 17.8. The van der Waals surface area contributed by atoms with E-state index in [4.69, 9.17) is 23.6 Å². The average Bonchev–Trinajstić information content (AvgIpc) is 3.03. The van der Waals surface area contributed by atoms with Gasteiger partial charge in [-0.3, -0.25) is 13.8 Å². The lowest BCUT2D eigenvalue weighted by Crippen LogP contribution is -2.29. The zero-order valence-corrected chi connectivity index (χ0v) is 29.5. The van der Waals surface area contributed by atoms with E-state index in [0.717, 1.165) is 57.8 Å². The fourth-order valence-corrected chi connectivity index (χ4v) is 5.41. The van der Waals surface area contributed by atoms with Crippen LogP contribution in [0.4, 0.5) is 0 Å². The Kier molecular flexibility index (Phi) is 32.1. The van der Waals surface area contributed by atoms with Gasteiger partial charge in [-0.2, -0.15) is 0 Å². The molecular weight excluding hydrogens is 595 g/mol. The Bertz CT molecular complexity index is 759. The van der Waals surface area contributed by atoms with Gasteiger partial charge in [0.1, 0.15) is 12.2 Å². The van der Waals surface area contributed by atoms with Crippen LogP contribution in [0, 0.1) is 0 Å². The number of phosphoric acid groups is 1. The standard InChI is InChI=1S/C35H67O9P/c1-3-5-7-9-11-13-14-15-16-17-18-19-20-21-23-25-27-35(38)44-34(32-43-45(39,40)42-30-33(37)29-36)31-41-28-26-24-22-12-10-8-6-4-2/h13-14,16-17,33-34,36-37H,3-12,15,18-32H2,1-2H3,(H,39,40)/b14-13-,17-16-. The van der Waals surface area contributed by atoms with Crippen molar-refractivity contribution in [1.29, 1.82) is 0 Å². The number of aliphatic hydroxyl groups is 2. The van der Waals surface area contributed by atoms with Gasteiger partial charge >= 0.3 is 13.8 Å². The van der Waals surface area contributed by atoms with E-state index in [9.17, 15) is 19.4 Å². The number of hydrogen-bond acceptors (Lipinski definition) is 8. The molecule has 0 aliphatic heterocycles. The molecule has 0 aromatic rings. The SMILES string of the molecule is CCCCCC/C=C\C/C=C\CCCCCCCC(=O)OC(COCCCCCCCCCC)COP(=O)(O)OCC(O)CO. The number of unbranched alkanes of at least 4 members (excludes halogenated alkanes) is 16. The van der Waals surface area contributed by atoms with Gasteiger partial charge in [0.2, 0.25) is 0 Å². The number of esters is 1. The molecular formula is C35H67O9P. The number of allylic oxidation sites excluding steroid dienone is 4. The van der Waals surface area contributed by atoms with Crippen molar-refractivity contribution in [2.45, 2.75) is 161 Å². The molecule has 3 atom stereocenters. The quantitative estimate of drug-likeness (QED) is 0.0268. The third-order valence-corrected chi connectivity index (χ3v) is 8.34. The maximum atomic E-state index is 12.5. The molecule has 10 heteroatoms. The molecule has 0 rings (SSSR count). The maximum absolute atomic E-state index is 12.5. The smallest absolute Gasteiger partial charge is 0.457 e. The lowest BCUT2D eigenvalue weighted by Gasteiger charge is -2.20. The normalized spacial score (nSPS) is 14.7. The molecule has 0 saturated heterocycles.